The van der Waals surface area contributed by atoms with Crippen molar-refractivity contribution < 1.29 is 13.2 Å². The molecule has 0 fully saturated rings. The molecule has 0 saturated carbocycles. The SMILES string of the molecule is CN=C(NCCN(C)S(=O)(=O)c1cccs1)NCC(C)COCc1ccccc1. The molecule has 0 aliphatic carbocycles. The van der Waals surface area contributed by atoms with E-state index in [4.69, 9.17) is 4.74 Å². The molecule has 2 N–H and O–H groups in total. The number of nitrogens with one attached hydrogen (secondary N) is 2. The number of hydrogen-bond acceptors (Lipinski definition) is 5. The highest BCUT2D eigenvalue weighted by molar-refractivity contribution is 7.91. The van der Waals surface area contributed by atoms with Gasteiger partial charge in [-0.2, -0.15) is 4.31 Å². The van der Waals surface area contributed by atoms with Gasteiger partial charge in [-0.05, 0) is 22.9 Å². The molecule has 1 aromatic carbocycles. The summed E-state index contributed by atoms with van der Waals surface area (Å²) in [6.45, 7) is 4.85. The lowest BCUT2D eigenvalue weighted by Crippen LogP contribution is -2.43. The molecule has 2 rings (SSSR count). The lowest BCUT2D eigenvalue weighted by atomic mass is 10.2. The summed E-state index contributed by atoms with van der Waals surface area (Å²) in [6.07, 6.45) is 0. The highest BCUT2D eigenvalue weighted by Gasteiger charge is 2.21. The maximum atomic E-state index is 12.4. The molecule has 2 aromatic rings. The highest BCUT2D eigenvalue weighted by atomic mass is 32.2. The van der Waals surface area contributed by atoms with Crippen molar-refractivity contribution in [1.82, 2.24) is 14.9 Å². The van der Waals surface area contributed by atoms with Gasteiger partial charge >= 0.3 is 0 Å². The fraction of sp³-hybridized carbons (Fsp3) is 0.450. The van der Waals surface area contributed by atoms with Gasteiger partial charge in [-0.15, -0.1) is 11.3 Å². The molecule has 0 radical (unpaired) electrons. The summed E-state index contributed by atoms with van der Waals surface area (Å²) in [5.41, 5.74) is 1.16. The Morgan fingerprint density at radius 1 is 1.21 bits per heavy atom. The summed E-state index contributed by atoms with van der Waals surface area (Å²) in [4.78, 5) is 4.18. The predicted octanol–water partition coefficient (Wildman–Crippen LogP) is 2.39. The first-order valence-corrected chi connectivity index (χ1v) is 11.8. The molecule has 0 amide bonds. The zero-order valence-corrected chi connectivity index (χ0v) is 18.8. The third-order valence-electron chi connectivity index (χ3n) is 4.23. The average Bonchev–Trinajstić information content (AvgIpc) is 3.27. The van der Waals surface area contributed by atoms with E-state index in [0.29, 0.717) is 48.9 Å². The Morgan fingerprint density at radius 3 is 2.62 bits per heavy atom. The van der Waals surface area contributed by atoms with E-state index >= 15 is 0 Å². The van der Waals surface area contributed by atoms with Crippen LogP contribution in [-0.2, 0) is 21.4 Å². The Hall–Kier alpha value is -1.94. The van der Waals surface area contributed by atoms with Crippen LogP contribution in [0.1, 0.15) is 12.5 Å². The van der Waals surface area contributed by atoms with E-state index in [1.54, 1.807) is 31.6 Å². The second-order valence-corrected chi connectivity index (χ2v) is 9.96. The smallest absolute Gasteiger partial charge is 0.252 e. The maximum Gasteiger partial charge on any atom is 0.252 e. The zero-order chi connectivity index (χ0) is 21.1. The van der Waals surface area contributed by atoms with Gasteiger partial charge in [-0.25, -0.2) is 8.42 Å². The van der Waals surface area contributed by atoms with Gasteiger partial charge in [0, 0.05) is 33.7 Å². The van der Waals surface area contributed by atoms with Crippen molar-refractivity contribution in [3.05, 3.63) is 53.4 Å². The van der Waals surface area contributed by atoms with Crippen molar-refractivity contribution in [1.29, 1.82) is 0 Å². The molecule has 0 spiro atoms. The minimum Gasteiger partial charge on any atom is -0.376 e. The maximum absolute atomic E-state index is 12.4. The number of benzene rings is 1. The van der Waals surface area contributed by atoms with Crippen molar-refractivity contribution in [3.8, 4) is 0 Å². The minimum absolute atomic E-state index is 0.305. The summed E-state index contributed by atoms with van der Waals surface area (Å²) >= 11 is 1.22. The number of thiophene rings is 1. The van der Waals surface area contributed by atoms with Gasteiger partial charge in [0.25, 0.3) is 10.0 Å². The van der Waals surface area contributed by atoms with Gasteiger partial charge < -0.3 is 15.4 Å². The molecule has 1 unspecified atom stereocenters. The summed E-state index contributed by atoms with van der Waals surface area (Å²) < 4.78 is 32.3. The lowest BCUT2D eigenvalue weighted by molar-refractivity contribution is 0.0931. The van der Waals surface area contributed by atoms with Crippen LogP contribution in [0.3, 0.4) is 0 Å². The van der Waals surface area contributed by atoms with Gasteiger partial charge in [0.15, 0.2) is 5.96 Å². The normalized spacial score (nSPS) is 13.4. The van der Waals surface area contributed by atoms with Crippen molar-refractivity contribution in [2.45, 2.75) is 17.7 Å². The molecule has 0 bridgehead atoms. The summed E-state index contributed by atoms with van der Waals surface area (Å²) in [7, 11) is -0.149. The summed E-state index contributed by atoms with van der Waals surface area (Å²) in [6, 6.07) is 13.4. The molecule has 7 nitrogen and oxygen atoms in total. The molecule has 0 saturated heterocycles. The Balaban J connectivity index is 1.65. The van der Waals surface area contributed by atoms with E-state index in [2.05, 4.69) is 22.5 Å². The predicted molar refractivity (Wildman–Crippen MR) is 119 cm³/mol. The molecule has 160 valence electrons. The van der Waals surface area contributed by atoms with Gasteiger partial charge in [0.2, 0.25) is 0 Å². The van der Waals surface area contributed by atoms with E-state index < -0.39 is 10.0 Å². The van der Waals surface area contributed by atoms with Crippen LogP contribution in [0.4, 0.5) is 0 Å². The largest absolute Gasteiger partial charge is 0.376 e. The van der Waals surface area contributed by atoms with E-state index in [1.807, 2.05) is 30.3 Å². The number of hydrogen-bond donors (Lipinski definition) is 2. The molecular formula is C20H30N4O3S2. The van der Waals surface area contributed by atoms with E-state index in [-0.39, 0.29) is 0 Å². The standard InChI is InChI=1S/C20H30N4O3S2/c1-17(15-27-16-18-8-5-4-6-9-18)14-23-20(21-2)22-11-12-24(3)29(25,26)19-10-7-13-28-19/h4-10,13,17H,11-12,14-16H2,1-3H3,(H2,21,22,23). The number of rotatable bonds is 11. The minimum atomic E-state index is -3.42. The van der Waals surface area contributed by atoms with Gasteiger partial charge in [-0.3, -0.25) is 4.99 Å². The Morgan fingerprint density at radius 2 is 1.97 bits per heavy atom. The quantitative estimate of drug-likeness (QED) is 0.416. The van der Waals surface area contributed by atoms with Crippen LogP contribution in [0, 0.1) is 5.92 Å². The molecule has 0 aliphatic rings. The number of ether oxygens (including phenoxy) is 1. The van der Waals surface area contributed by atoms with Crippen LogP contribution >= 0.6 is 11.3 Å². The topological polar surface area (TPSA) is 83.0 Å². The molecule has 1 aromatic heterocycles. The van der Waals surface area contributed by atoms with Crippen molar-refractivity contribution in [3.63, 3.8) is 0 Å². The Bertz CT molecular complexity index is 840. The van der Waals surface area contributed by atoms with Crippen LogP contribution in [0.2, 0.25) is 0 Å². The number of guanidine groups is 1. The highest BCUT2D eigenvalue weighted by Crippen LogP contribution is 2.19. The third kappa shape index (κ3) is 7.77. The molecule has 0 aliphatic heterocycles. The second-order valence-electron chi connectivity index (χ2n) is 6.74. The summed E-state index contributed by atoms with van der Waals surface area (Å²) in [5.74, 6) is 0.945. The molecule has 9 heteroatoms. The first-order chi connectivity index (χ1) is 13.9. The monoisotopic (exact) mass is 438 g/mol. The Labute approximate surface area is 177 Å². The molecule has 1 heterocycles. The van der Waals surface area contributed by atoms with Crippen LogP contribution in [0.5, 0.6) is 0 Å². The van der Waals surface area contributed by atoms with Crippen LogP contribution in [0.25, 0.3) is 0 Å². The zero-order valence-electron chi connectivity index (χ0n) is 17.2. The molecular weight excluding hydrogens is 408 g/mol. The van der Waals surface area contributed by atoms with Gasteiger partial charge in [0.1, 0.15) is 4.21 Å². The second kappa shape index (κ2) is 11.9. The summed E-state index contributed by atoms with van der Waals surface area (Å²) in [5, 5.41) is 8.16. The molecule has 29 heavy (non-hydrogen) atoms. The van der Waals surface area contributed by atoms with Crippen molar-refractivity contribution >= 4 is 27.3 Å². The lowest BCUT2D eigenvalue weighted by Gasteiger charge is -2.19. The van der Waals surface area contributed by atoms with Crippen LogP contribution in [0.15, 0.2) is 57.0 Å². The van der Waals surface area contributed by atoms with Crippen LogP contribution in [-0.4, -0.2) is 59.0 Å². The van der Waals surface area contributed by atoms with E-state index in [9.17, 15) is 8.42 Å². The van der Waals surface area contributed by atoms with Gasteiger partial charge in [0.05, 0.1) is 13.2 Å². The van der Waals surface area contributed by atoms with E-state index in [0.717, 1.165) is 5.56 Å². The number of aliphatic imine (C=N–C) groups is 1. The first-order valence-electron chi connectivity index (χ1n) is 9.49. The fourth-order valence-electron chi connectivity index (χ4n) is 2.52. The Kier molecular flexibility index (Phi) is 9.59. The van der Waals surface area contributed by atoms with Crippen LogP contribution < -0.4 is 10.6 Å². The average molecular weight is 439 g/mol. The number of sulfonamides is 1. The number of likely N-dealkylation sites (N-methyl/N-ethyl adjacent to an activating group) is 1. The van der Waals surface area contributed by atoms with Crippen molar-refractivity contribution in [2.75, 3.05) is 40.3 Å². The first kappa shape index (κ1) is 23.3. The fourth-order valence-corrected chi connectivity index (χ4v) is 4.89. The van der Waals surface area contributed by atoms with Gasteiger partial charge in [-0.1, -0.05) is 43.3 Å². The molecule has 1 atom stereocenters. The van der Waals surface area contributed by atoms with E-state index in [1.165, 1.54) is 15.6 Å². The van der Waals surface area contributed by atoms with Crippen molar-refractivity contribution in [2.24, 2.45) is 10.9 Å². The third-order valence-corrected chi connectivity index (χ3v) is 7.46. The number of nitrogens with zero attached hydrogens (tertiary/aromatic N) is 2.